The van der Waals surface area contributed by atoms with Crippen molar-refractivity contribution >= 4 is 15.7 Å². The maximum atomic E-state index is 12.4. The number of amides is 1. The molecule has 1 N–H and O–H groups in total. The number of carbonyl (C=O) groups excluding carboxylic acids is 1. The Labute approximate surface area is 137 Å². The molecule has 1 atom stereocenters. The first-order valence-corrected chi connectivity index (χ1v) is 9.91. The molecule has 130 valence electrons. The van der Waals surface area contributed by atoms with E-state index in [4.69, 9.17) is 0 Å². The smallest absolute Gasteiger partial charge is 0.250 e. The van der Waals surface area contributed by atoms with Gasteiger partial charge in [-0.25, -0.2) is 8.42 Å². The highest BCUT2D eigenvalue weighted by Crippen LogP contribution is 2.39. The van der Waals surface area contributed by atoms with Crippen molar-refractivity contribution in [3.8, 4) is 0 Å². The molecule has 0 bridgehead atoms. The largest absolute Gasteiger partial charge is 0.353 e. The van der Waals surface area contributed by atoms with Gasteiger partial charge in [0.1, 0.15) is 11.6 Å². The van der Waals surface area contributed by atoms with Crippen LogP contribution in [0.15, 0.2) is 5.16 Å². The lowest BCUT2D eigenvalue weighted by atomic mass is 10.1. The minimum absolute atomic E-state index is 0.0224. The van der Waals surface area contributed by atoms with E-state index in [9.17, 15) is 13.2 Å². The van der Waals surface area contributed by atoms with Crippen LogP contribution >= 0.6 is 0 Å². The van der Waals surface area contributed by atoms with Gasteiger partial charge in [-0.2, -0.15) is 0 Å². The molecular formula is C15H26N4O3S. The Kier molecular flexibility index (Phi) is 5.78. The molecule has 0 spiro atoms. The Morgan fingerprint density at radius 3 is 2.65 bits per heavy atom. The second kappa shape index (κ2) is 7.42. The van der Waals surface area contributed by atoms with Gasteiger partial charge in [-0.1, -0.05) is 26.2 Å². The molecular weight excluding hydrogens is 316 g/mol. The lowest BCUT2D eigenvalue weighted by Gasteiger charge is -2.13. The maximum Gasteiger partial charge on any atom is 0.250 e. The quantitative estimate of drug-likeness (QED) is 0.687. The molecule has 0 saturated heterocycles. The molecule has 1 heterocycles. The number of unbranched alkanes of at least 4 members (excludes halogenated alkanes) is 2. The van der Waals surface area contributed by atoms with Crippen molar-refractivity contribution in [3.05, 3.63) is 5.82 Å². The van der Waals surface area contributed by atoms with Gasteiger partial charge in [-0.3, -0.25) is 4.79 Å². The van der Waals surface area contributed by atoms with Gasteiger partial charge in [-0.15, -0.1) is 10.2 Å². The van der Waals surface area contributed by atoms with Crippen LogP contribution in [-0.2, 0) is 21.7 Å². The van der Waals surface area contributed by atoms with Crippen LogP contribution < -0.4 is 5.32 Å². The zero-order valence-corrected chi connectivity index (χ0v) is 14.9. The van der Waals surface area contributed by atoms with Crippen molar-refractivity contribution in [2.75, 3.05) is 5.75 Å². The molecule has 1 aliphatic carbocycles. The van der Waals surface area contributed by atoms with Gasteiger partial charge in [0.15, 0.2) is 0 Å². The Bertz CT molecular complexity index is 650. The number of aromatic nitrogens is 3. The molecule has 0 radical (unpaired) electrons. The molecule has 0 unspecified atom stereocenters. The summed E-state index contributed by atoms with van der Waals surface area (Å²) in [5.41, 5.74) is 0. The number of nitrogens with one attached hydrogen (secondary N) is 1. The third-order valence-corrected chi connectivity index (χ3v) is 5.61. The van der Waals surface area contributed by atoms with Gasteiger partial charge in [0, 0.05) is 19.0 Å². The standard InChI is InChI=1S/C15H26N4O3S/c1-4-5-6-7-11(2)16-13(20)10-23(21,22)15-18-17-14(19(15)3)12-8-9-12/h11-12H,4-10H2,1-3H3,(H,16,20)/t11-/m1/s1. The zero-order chi connectivity index (χ0) is 17.0. The summed E-state index contributed by atoms with van der Waals surface area (Å²) in [4.78, 5) is 12.0. The predicted molar refractivity (Wildman–Crippen MR) is 86.8 cm³/mol. The number of hydrogen-bond acceptors (Lipinski definition) is 5. The molecule has 1 aromatic rings. The molecule has 1 aromatic heterocycles. The number of sulfone groups is 1. The van der Waals surface area contributed by atoms with Crippen molar-refractivity contribution in [3.63, 3.8) is 0 Å². The zero-order valence-electron chi connectivity index (χ0n) is 14.1. The summed E-state index contributed by atoms with van der Waals surface area (Å²) in [6.07, 6.45) is 6.14. The highest BCUT2D eigenvalue weighted by atomic mass is 32.2. The third kappa shape index (κ3) is 4.76. The summed E-state index contributed by atoms with van der Waals surface area (Å²) >= 11 is 0. The van der Waals surface area contributed by atoms with Gasteiger partial charge in [0.05, 0.1) is 0 Å². The number of rotatable bonds is 9. The van der Waals surface area contributed by atoms with Crippen LogP contribution in [-0.4, -0.2) is 40.9 Å². The molecule has 8 heteroatoms. The average Bonchev–Trinajstić information content (AvgIpc) is 3.20. The summed E-state index contributed by atoms with van der Waals surface area (Å²) in [5.74, 6) is -0.0624. The van der Waals surface area contributed by atoms with Crippen LogP contribution in [0, 0.1) is 0 Å². The SMILES string of the molecule is CCCCC[C@@H](C)NC(=O)CS(=O)(=O)c1nnc(C2CC2)n1C. The second-order valence-corrected chi connectivity index (χ2v) is 8.28. The summed E-state index contributed by atoms with van der Waals surface area (Å²) < 4.78 is 26.3. The summed E-state index contributed by atoms with van der Waals surface area (Å²) in [7, 11) is -2.12. The lowest BCUT2D eigenvalue weighted by Crippen LogP contribution is -2.37. The van der Waals surface area contributed by atoms with E-state index in [0.717, 1.165) is 38.5 Å². The Balaban J connectivity index is 1.94. The van der Waals surface area contributed by atoms with Crippen molar-refractivity contribution in [2.45, 2.75) is 69.5 Å². The number of nitrogens with zero attached hydrogens (tertiary/aromatic N) is 3. The Hall–Kier alpha value is -1.44. The second-order valence-electron chi connectivity index (χ2n) is 6.40. The van der Waals surface area contributed by atoms with Crippen LogP contribution in [0.25, 0.3) is 0 Å². The molecule has 1 saturated carbocycles. The average molecular weight is 342 g/mol. The molecule has 0 aliphatic heterocycles. The fourth-order valence-corrected chi connectivity index (χ4v) is 3.85. The van der Waals surface area contributed by atoms with Gasteiger partial charge in [0.2, 0.25) is 20.9 Å². The molecule has 7 nitrogen and oxygen atoms in total. The molecule has 0 aromatic carbocycles. The van der Waals surface area contributed by atoms with E-state index < -0.39 is 21.5 Å². The number of hydrogen-bond donors (Lipinski definition) is 1. The minimum Gasteiger partial charge on any atom is -0.353 e. The highest BCUT2D eigenvalue weighted by Gasteiger charge is 2.33. The first kappa shape index (κ1) is 17.9. The summed E-state index contributed by atoms with van der Waals surface area (Å²) in [6, 6.07) is -0.0224. The van der Waals surface area contributed by atoms with Crippen LogP contribution in [0.1, 0.15) is 64.1 Å². The fraction of sp³-hybridized carbons (Fsp3) is 0.800. The number of carbonyl (C=O) groups is 1. The van der Waals surface area contributed by atoms with Crippen molar-refractivity contribution in [2.24, 2.45) is 7.05 Å². The van der Waals surface area contributed by atoms with Crippen molar-refractivity contribution in [1.82, 2.24) is 20.1 Å². The molecule has 2 rings (SSSR count). The molecule has 1 aliphatic rings. The van der Waals surface area contributed by atoms with Crippen LogP contribution in [0.5, 0.6) is 0 Å². The summed E-state index contributed by atoms with van der Waals surface area (Å²) in [5, 5.41) is 10.4. The lowest BCUT2D eigenvalue weighted by molar-refractivity contribution is -0.119. The van der Waals surface area contributed by atoms with Gasteiger partial charge in [0.25, 0.3) is 0 Å². The third-order valence-electron chi connectivity index (χ3n) is 4.06. The van der Waals surface area contributed by atoms with E-state index in [2.05, 4.69) is 22.4 Å². The Morgan fingerprint density at radius 2 is 2.04 bits per heavy atom. The first-order valence-electron chi connectivity index (χ1n) is 8.26. The van der Waals surface area contributed by atoms with E-state index in [-0.39, 0.29) is 11.2 Å². The van der Waals surface area contributed by atoms with Gasteiger partial charge >= 0.3 is 0 Å². The van der Waals surface area contributed by atoms with E-state index in [1.54, 1.807) is 7.05 Å². The van der Waals surface area contributed by atoms with Crippen LogP contribution in [0.3, 0.4) is 0 Å². The fourth-order valence-electron chi connectivity index (χ4n) is 2.62. The van der Waals surface area contributed by atoms with Crippen LogP contribution in [0.4, 0.5) is 0 Å². The molecule has 1 fully saturated rings. The van der Waals surface area contributed by atoms with Crippen molar-refractivity contribution < 1.29 is 13.2 Å². The van der Waals surface area contributed by atoms with E-state index in [1.807, 2.05) is 6.92 Å². The molecule has 23 heavy (non-hydrogen) atoms. The normalized spacial score (nSPS) is 16.3. The Morgan fingerprint density at radius 1 is 1.35 bits per heavy atom. The first-order chi connectivity index (χ1) is 10.8. The van der Waals surface area contributed by atoms with E-state index in [1.165, 1.54) is 4.57 Å². The topological polar surface area (TPSA) is 93.9 Å². The predicted octanol–water partition coefficient (Wildman–Crippen LogP) is 1.55. The van der Waals surface area contributed by atoms with Crippen molar-refractivity contribution in [1.29, 1.82) is 0 Å². The highest BCUT2D eigenvalue weighted by molar-refractivity contribution is 7.91. The van der Waals surface area contributed by atoms with E-state index >= 15 is 0 Å². The monoisotopic (exact) mass is 342 g/mol. The summed E-state index contributed by atoms with van der Waals surface area (Å²) in [6.45, 7) is 4.01. The van der Waals surface area contributed by atoms with E-state index in [0.29, 0.717) is 11.7 Å². The minimum atomic E-state index is -3.77. The molecule has 1 amide bonds. The maximum absolute atomic E-state index is 12.4. The van der Waals surface area contributed by atoms with Gasteiger partial charge < -0.3 is 9.88 Å². The van der Waals surface area contributed by atoms with Crippen LogP contribution in [0.2, 0.25) is 0 Å². The van der Waals surface area contributed by atoms with Gasteiger partial charge in [-0.05, 0) is 26.2 Å².